The highest BCUT2D eigenvalue weighted by Gasteiger charge is 2.12. The van der Waals surface area contributed by atoms with Gasteiger partial charge in [0.15, 0.2) is 5.13 Å². The number of benzene rings is 1. The summed E-state index contributed by atoms with van der Waals surface area (Å²) in [5.74, 6) is 0.0602. The summed E-state index contributed by atoms with van der Waals surface area (Å²) in [5, 5.41) is 0.538. The predicted octanol–water partition coefficient (Wildman–Crippen LogP) is 3.14. The molecular formula is C14H19N3OS. The van der Waals surface area contributed by atoms with Crippen LogP contribution in [0.15, 0.2) is 18.2 Å². The van der Waals surface area contributed by atoms with Crippen molar-refractivity contribution in [3.05, 3.63) is 23.8 Å². The zero-order chi connectivity index (χ0) is 13.8. The first-order chi connectivity index (χ1) is 9.11. The number of fused-ring (bicyclic) bond motifs is 1. The summed E-state index contributed by atoms with van der Waals surface area (Å²) in [7, 11) is 1.85. The molecule has 0 aliphatic carbocycles. The first kappa shape index (κ1) is 13.8. The van der Waals surface area contributed by atoms with Crippen LogP contribution in [0.3, 0.4) is 0 Å². The topological polar surface area (TPSA) is 59.2 Å². The predicted molar refractivity (Wildman–Crippen MR) is 80.5 cm³/mol. The molecule has 0 aliphatic heterocycles. The minimum atomic E-state index is 0.0602. The van der Waals surface area contributed by atoms with E-state index in [0.29, 0.717) is 10.7 Å². The number of carbonyl (C=O) groups is 1. The number of thiazole rings is 1. The Kier molecular flexibility index (Phi) is 4.37. The number of carbonyl (C=O) groups excluding carboxylic acids is 1. The van der Waals surface area contributed by atoms with E-state index in [1.807, 2.05) is 25.2 Å². The fourth-order valence-electron chi connectivity index (χ4n) is 2.00. The Morgan fingerprint density at radius 1 is 1.42 bits per heavy atom. The maximum atomic E-state index is 12.3. The molecule has 5 heteroatoms. The van der Waals surface area contributed by atoms with Crippen LogP contribution in [0, 0.1) is 0 Å². The second-order valence-electron chi connectivity index (χ2n) is 4.67. The molecule has 1 amide bonds. The molecule has 2 aromatic rings. The van der Waals surface area contributed by atoms with Crippen LogP contribution >= 0.6 is 11.3 Å². The molecular weight excluding hydrogens is 258 g/mol. The molecule has 0 atom stereocenters. The molecule has 2 rings (SSSR count). The molecule has 0 aliphatic rings. The van der Waals surface area contributed by atoms with E-state index in [9.17, 15) is 4.79 Å². The van der Waals surface area contributed by atoms with E-state index < -0.39 is 0 Å². The number of aromatic nitrogens is 1. The van der Waals surface area contributed by atoms with Crippen molar-refractivity contribution in [1.82, 2.24) is 9.88 Å². The van der Waals surface area contributed by atoms with Crippen molar-refractivity contribution in [1.29, 1.82) is 0 Å². The van der Waals surface area contributed by atoms with Crippen molar-refractivity contribution in [3.8, 4) is 0 Å². The molecule has 2 N–H and O–H groups in total. The number of nitrogens with zero attached hydrogens (tertiary/aromatic N) is 2. The summed E-state index contributed by atoms with van der Waals surface area (Å²) in [6.07, 6.45) is 3.37. The van der Waals surface area contributed by atoms with Crippen molar-refractivity contribution in [2.45, 2.75) is 26.2 Å². The molecule has 1 aromatic carbocycles. The molecule has 19 heavy (non-hydrogen) atoms. The molecule has 0 saturated carbocycles. The monoisotopic (exact) mass is 277 g/mol. The van der Waals surface area contributed by atoms with E-state index in [4.69, 9.17) is 5.73 Å². The van der Waals surface area contributed by atoms with Gasteiger partial charge in [0, 0.05) is 19.2 Å². The molecule has 1 aromatic heterocycles. The van der Waals surface area contributed by atoms with Crippen molar-refractivity contribution in [3.63, 3.8) is 0 Å². The van der Waals surface area contributed by atoms with Crippen LogP contribution in [0.5, 0.6) is 0 Å². The number of hydrogen-bond acceptors (Lipinski definition) is 4. The summed E-state index contributed by atoms with van der Waals surface area (Å²) in [6.45, 7) is 2.96. The molecule has 0 radical (unpaired) electrons. The SMILES string of the molecule is CCCCCN(C)C(=O)c1ccc2nc(N)sc2c1. The number of rotatable bonds is 5. The maximum Gasteiger partial charge on any atom is 0.253 e. The normalized spacial score (nSPS) is 10.8. The second kappa shape index (κ2) is 6.02. The Hall–Kier alpha value is -1.62. The van der Waals surface area contributed by atoms with Crippen LogP contribution in [-0.4, -0.2) is 29.4 Å². The van der Waals surface area contributed by atoms with Gasteiger partial charge < -0.3 is 10.6 Å². The van der Waals surface area contributed by atoms with Gasteiger partial charge in [0.2, 0.25) is 0 Å². The lowest BCUT2D eigenvalue weighted by atomic mass is 10.2. The standard InChI is InChI=1S/C14H19N3OS/c1-3-4-5-8-17(2)13(18)10-6-7-11-12(9-10)19-14(15)16-11/h6-7,9H,3-5,8H2,1-2H3,(H2,15,16). The largest absolute Gasteiger partial charge is 0.375 e. The Labute approximate surface area is 117 Å². The van der Waals surface area contributed by atoms with Gasteiger partial charge in [-0.1, -0.05) is 31.1 Å². The third-order valence-corrected chi connectivity index (χ3v) is 3.94. The van der Waals surface area contributed by atoms with Crippen LogP contribution in [0.25, 0.3) is 10.2 Å². The van der Waals surface area contributed by atoms with E-state index in [1.54, 1.807) is 4.90 Å². The van der Waals surface area contributed by atoms with Gasteiger partial charge in [0.05, 0.1) is 10.2 Å². The van der Waals surface area contributed by atoms with Crippen LogP contribution in [0.2, 0.25) is 0 Å². The van der Waals surface area contributed by atoms with Crippen LogP contribution in [0.4, 0.5) is 5.13 Å². The zero-order valence-corrected chi connectivity index (χ0v) is 12.2. The van der Waals surface area contributed by atoms with Gasteiger partial charge in [-0.05, 0) is 24.6 Å². The Bertz CT molecular complexity index is 579. The van der Waals surface area contributed by atoms with E-state index in [2.05, 4.69) is 11.9 Å². The third-order valence-electron chi connectivity index (χ3n) is 3.10. The summed E-state index contributed by atoms with van der Waals surface area (Å²) in [5.41, 5.74) is 7.23. The molecule has 0 bridgehead atoms. The molecule has 4 nitrogen and oxygen atoms in total. The fourth-order valence-corrected chi connectivity index (χ4v) is 2.77. The zero-order valence-electron chi connectivity index (χ0n) is 11.3. The maximum absolute atomic E-state index is 12.3. The molecule has 0 unspecified atom stereocenters. The van der Waals surface area contributed by atoms with Gasteiger partial charge in [-0.15, -0.1) is 0 Å². The lowest BCUT2D eigenvalue weighted by Crippen LogP contribution is -2.27. The molecule has 102 valence electrons. The first-order valence-corrected chi connectivity index (χ1v) is 7.35. The number of hydrogen-bond donors (Lipinski definition) is 1. The molecule has 0 fully saturated rings. The average Bonchev–Trinajstić information content (AvgIpc) is 2.77. The minimum Gasteiger partial charge on any atom is -0.375 e. The molecule has 0 spiro atoms. The lowest BCUT2D eigenvalue weighted by Gasteiger charge is -2.16. The smallest absolute Gasteiger partial charge is 0.253 e. The number of nitrogen functional groups attached to an aromatic ring is 1. The Morgan fingerprint density at radius 3 is 2.95 bits per heavy atom. The highest BCUT2D eigenvalue weighted by atomic mass is 32.1. The number of nitrogens with two attached hydrogens (primary N) is 1. The van der Waals surface area contributed by atoms with E-state index >= 15 is 0 Å². The van der Waals surface area contributed by atoms with Gasteiger partial charge in [0.25, 0.3) is 5.91 Å². The van der Waals surface area contributed by atoms with Crippen LogP contribution < -0.4 is 5.73 Å². The summed E-state index contributed by atoms with van der Waals surface area (Å²) >= 11 is 1.41. The first-order valence-electron chi connectivity index (χ1n) is 6.53. The number of unbranched alkanes of at least 4 members (excludes halogenated alkanes) is 2. The summed E-state index contributed by atoms with van der Waals surface area (Å²) < 4.78 is 0.963. The van der Waals surface area contributed by atoms with Gasteiger partial charge in [0.1, 0.15) is 0 Å². The highest BCUT2D eigenvalue weighted by molar-refractivity contribution is 7.22. The molecule has 0 saturated heterocycles. The van der Waals surface area contributed by atoms with Gasteiger partial charge in [-0.3, -0.25) is 4.79 Å². The minimum absolute atomic E-state index is 0.0602. The van der Waals surface area contributed by atoms with Gasteiger partial charge in [-0.2, -0.15) is 0 Å². The summed E-state index contributed by atoms with van der Waals surface area (Å²) in [6, 6.07) is 5.55. The second-order valence-corrected chi connectivity index (χ2v) is 5.73. The van der Waals surface area contributed by atoms with Crippen LogP contribution in [-0.2, 0) is 0 Å². The Balaban J connectivity index is 2.11. The van der Waals surface area contributed by atoms with E-state index in [0.717, 1.165) is 36.0 Å². The number of anilines is 1. The van der Waals surface area contributed by atoms with E-state index in [-0.39, 0.29) is 5.91 Å². The van der Waals surface area contributed by atoms with Crippen molar-refractivity contribution in [2.24, 2.45) is 0 Å². The van der Waals surface area contributed by atoms with Gasteiger partial charge in [-0.25, -0.2) is 4.98 Å². The third kappa shape index (κ3) is 3.23. The number of amides is 1. The Morgan fingerprint density at radius 2 is 2.21 bits per heavy atom. The summed E-state index contributed by atoms with van der Waals surface area (Å²) in [4.78, 5) is 18.2. The van der Waals surface area contributed by atoms with Crippen molar-refractivity contribution >= 4 is 32.6 Å². The van der Waals surface area contributed by atoms with Gasteiger partial charge >= 0.3 is 0 Å². The lowest BCUT2D eigenvalue weighted by molar-refractivity contribution is 0.0793. The van der Waals surface area contributed by atoms with Crippen LogP contribution in [0.1, 0.15) is 36.5 Å². The van der Waals surface area contributed by atoms with Crippen molar-refractivity contribution in [2.75, 3.05) is 19.3 Å². The quantitative estimate of drug-likeness (QED) is 0.854. The van der Waals surface area contributed by atoms with Crippen molar-refractivity contribution < 1.29 is 4.79 Å². The fraction of sp³-hybridized carbons (Fsp3) is 0.429. The van der Waals surface area contributed by atoms with E-state index in [1.165, 1.54) is 11.3 Å². The molecule has 1 heterocycles. The highest BCUT2D eigenvalue weighted by Crippen LogP contribution is 2.25. The average molecular weight is 277 g/mol.